The van der Waals surface area contributed by atoms with Crippen LogP contribution in [-0.4, -0.2) is 58.3 Å². The fraction of sp³-hybridized carbons (Fsp3) is 0.304. The molecule has 0 aliphatic carbocycles. The fourth-order valence-corrected chi connectivity index (χ4v) is 4.74. The van der Waals surface area contributed by atoms with E-state index in [1.807, 2.05) is 24.3 Å². The maximum atomic E-state index is 11.7. The number of hydrogen-bond acceptors (Lipinski definition) is 8. The van der Waals surface area contributed by atoms with Gasteiger partial charge in [-0.25, -0.2) is 18.5 Å². The molecule has 0 bridgehead atoms. The molecule has 3 heterocycles. The van der Waals surface area contributed by atoms with Crippen molar-refractivity contribution in [2.45, 2.75) is 11.3 Å². The smallest absolute Gasteiger partial charge is 0.238 e. The molecule has 0 saturated carbocycles. The van der Waals surface area contributed by atoms with Crippen LogP contribution in [0.2, 0.25) is 0 Å². The molecule has 5 rings (SSSR count). The van der Waals surface area contributed by atoms with Crippen LogP contribution in [0.25, 0.3) is 11.3 Å². The molecule has 1 saturated heterocycles. The minimum Gasteiger partial charge on any atom is -0.497 e. The lowest BCUT2D eigenvalue weighted by Crippen LogP contribution is -2.37. The van der Waals surface area contributed by atoms with Gasteiger partial charge in [-0.3, -0.25) is 0 Å². The average Bonchev–Trinajstić information content (AvgIpc) is 3.27. The number of nitrogens with two attached hydrogens (primary N) is 1. The highest BCUT2D eigenvalue weighted by molar-refractivity contribution is 7.89. The highest BCUT2D eigenvalue weighted by Gasteiger charge is 2.29. The second kappa shape index (κ2) is 8.62. The van der Waals surface area contributed by atoms with E-state index in [-0.39, 0.29) is 4.90 Å². The van der Waals surface area contributed by atoms with Crippen LogP contribution in [-0.2, 0) is 21.2 Å². The second-order valence-electron chi connectivity index (χ2n) is 7.95. The lowest BCUT2D eigenvalue weighted by Gasteiger charge is -2.28. The summed E-state index contributed by atoms with van der Waals surface area (Å²) < 4.78 is 34.2. The number of benzene rings is 2. The molecule has 2 aromatic carbocycles. The van der Waals surface area contributed by atoms with E-state index in [9.17, 15) is 8.42 Å². The van der Waals surface area contributed by atoms with E-state index in [2.05, 4.69) is 9.80 Å². The van der Waals surface area contributed by atoms with E-state index >= 15 is 0 Å². The number of hydrogen-bond donors (Lipinski definition) is 1. The molecule has 2 aliphatic heterocycles. The van der Waals surface area contributed by atoms with Crippen molar-refractivity contribution in [2.75, 3.05) is 49.8 Å². The molecular formula is C23H25N5O4S. The van der Waals surface area contributed by atoms with Crippen molar-refractivity contribution < 1.29 is 17.9 Å². The third-order valence-electron chi connectivity index (χ3n) is 5.93. The Hall–Kier alpha value is -3.21. The number of rotatable bonds is 5. The van der Waals surface area contributed by atoms with Crippen LogP contribution in [0.4, 0.5) is 17.5 Å². The van der Waals surface area contributed by atoms with E-state index in [4.69, 9.17) is 24.6 Å². The van der Waals surface area contributed by atoms with Crippen molar-refractivity contribution in [3.63, 3.8) is 0 Å². The lowest BCUT2D eigenvalue weighted by atomic mass is 10.1. The van der Waals surface area contributed by atoms with Gasteiger partial charge >= 0.3 is 0 Å². The second-order valence-corrected chi connectivity index (χ2v) is 9.51. The zero-order chi connectivity index (χ0) is 23.0. The third-order valence-corrected chi connectivity index (χ3v) is 6.86. The van der Waals surface area contributed by atoms with Gasteiger partial charge in [0.25, 0.3) is 0 Å². The molecule has 10 heteroatoms. The lowest BCUT2D eigenvalue weighted by molar-refractivity contribution is 0.122. The minimum absolute atomic E-state index is 0.0828. The molecule has 0 unspecified atom stereocenters. The van der Waals surface area contributed by atoms with Crippen molar-refractivity contribution >= 4 is 27.5 Å². The first-order valence-electron chi connectivity index (χ1n) is 10.7. The summed E-state index contributed by atoms with van der Waals surface area (Å²) in [4.78, 5) is 14.2. The summed E-state index contributed by atoms with van der Waals surface area (Å²) in [5.41, 5.74) is 3.75. The Morgan fingerprint density at radius 3 is 2.48 bits per heavy atom. The molecule has 2 aliphatic rings. The molecule has 0 atom stereocenters. The van der Waals surface area contributed by atoms with E-state index in [0.717, 1.165) is 53.6 Å². The van der Waals surface area contributed by atoms with Crippen LogP contribution in [0.5, 0.6) is 5.75 Å². The topological polar surface area (TPSA) is 111 Å². The number of anilines is 3. The first-order chi connectivity index (χ1) is 15.9. The number of nitrogens with zero attached hydrogens (tertiary/aromatic N) is 4. The predicted molar refractivity (Wildman–Crippen MR) is 126 cm³/mol. The van der Waals surface area contributed by atoms with Gasteiger partial charge in [0.2, 0.25) is 16.0 Å². The van der Waals surface area contributed by atoms with Gasteiger partial charge in [0, 0.05) is 36.4 Å². The van der Waals surface area contributed by atoms with E-state index in [0.29, 0.717) is 25.7 Å². The molecule has 1 fully saturated rings. The van der Waals surface area contributed by atoms with Crippen molar-refractivity contribution in [3.8, 4) is 17.0 Å². The number of sulfonamides is 1. The monoisotopic (exact) mass is 467 g/mol. The Bertz CT molecular complexity index is 1270. The SMILES string of the molecule is COc1cccc(-c2nc(N3CCOCC3)nc3c2CCN3c2ccc(S(N)(=O)=O)cc2)c1. The minimum atomic E-state index is -3.75. The summed E-state index contributed by atoms with van der Waals surface area (Å²) in [6.45, 7) is 3.42. The Kier molecular flexibility index (Phi) is 5.65. The highest BCUT2D eigenvalue weighted by atomic mass is 32.2. The standard InChI is InChI=1S/C23H25N5O4S/c1-31-18-4-2-3-16(15-18)21-20-9-10-28(17-5-7-19(8-6-17)33(24,29)30)22(20)26-23(25-21)27-11-13-32-14-12-27/h2-8,15H,9-14H2,1H3,(H2,24,29,30). The van der Waals surface area contributed by atoms with Crippen molar-refractivity contribution in [3.05, 3.63) is 54.1 Å². The van der Waals surface area contributed by atoms with Crippen molar-refractivity contribution in [1.29, 1.82) is 0 Å². The first kappa shape index (κ1) is 21.6. The van der Waals surface area contributed by atoms with Gasteiger partial charge in [-0.1, -0.05) is 12.1 Å². The molecular weight excluding hydrogens is 442 g/mol. The Balaban J connectivity index is 1.61. The van der Waals surface area contributed by atoms with Gasteiger partial charge in [0.05, 0.1) is 30.9 Å². The normalized spacial score (nSPS) is 16.1. The number of methoxy groups -OCH3 is 1. The summed E-state index contributed by atoms with van der Waals surface area (Å²) in [6, 6.07) is 14.4. The number of morpholine rings is 1. The Labute approximate surface area is 192 Å². The summed E-state index contributed by atoms with van der Waals surface area (Å²) in [6.07, 6.45) is 0.766. The number of ether oxygens (including phenoxy) is 2. The van der Waals surface area contributed by atoms with Gasteiger partial charge in [0.1, 0.15) is 11.6 Å². The van der Waals surface area contributed by atoms with Crippen LogP contribution >= 0.6 is 0 Å². The van der Waals surface area contributed by atoms with Crippen LogP contribution < -0.4 is 19.7 Å². The predicted octanol–water partition coefficient (Wildman–Crippen LogP) is 2.33. The molecule has 33 heavy (non-hydrogen) atoms. The molecule has 1 aromatic heterocycles. The molecule has 0 amide bonds. The number of fused-ring (bicyclic) bond motifs is 1. The zero-order valence-electron chi connectivity index (χ0n) is 18.3. The number of aromatic nitrogens is 2. The fourth-order valence-electron chi connectivity index (χ4n) is 4.22. The summed E-state index contributed by atoms with van der Waals surface area (Å²) in [5, 5.41) is 5.26. The Morgan fingerprint density at radius 2 is 1.79 bits per heavy atom. The summed E-state index contributed by atoms with van der Waals surface area (Å²) in [5.74, 6) is 2.25. The van der Waals surface area contributed by atoms with Crippen molar-refractivity contribution in [2.24, 2.45) is 5.14 Å². The largest absolute Gasteiger partial charge is 0.497 e. The van der Waals surface area contributed by atoms with Crippen LogP contribution in [0.15, 0.2) is 53.4 Å². The van der Waals surface area contributed by atoms with Crippen molar-refractivity contribution in [1.82, 2.24) is 9.97 Å². The van der Waals surface area contributed by atoms with Gasteiger partial charge in [-0.2, -0.15) is 4.98 Å². The maximum Gasteiger partial charge on any atom is 0.238 e. The van der Waals surface area contributed by atoms with E-state index in [1.165, 1.54) is 12.1 Å². The molecule has 9 nitrogen and oxygen atoms in total. The molecule has 0 radical (unpaired) electrons. The van der Waals surface area contributed by atoms with E-state index in [1.54, 1.807) is 19.2 Å². The van der Waals surface area contributed by atoms with Gasteiger partial charge in [-0.05, 0) is 42.8 Å². The van der Waals surface area contributed by atoms with E-state index < -0.39 is 10.0 Å². The van der Waals surface area contributed by atoms with Crippen LogP contribution in [0, 0.1) is 0 Å². The van der Waals surface area contributed by atoms with Gasteiger partial charge in [0.15, 0.2) is 0 Å². The highest BCUT2D eigenvalue weighted by Crippen LogP contribution is 2.40. The zero-order valence-corrected chi connectivity index (χ0v) is 19.1. The summed E-state index contributed by atoms with van der Waals surface area (Å²) >= 11 is 0. The summed E-state index contributed by atoms with van der Waals surface area (Å²) in [7, 11) is -2.10. The molecule has 3 aromatic rings. The maximum absolute atomic E-state index is 11.7. The molecule has 172 valence electrons. The number of primary sulfonamides is 1. The first-order valence-corrected chi connectivity index (χ1v) is 12.3. The van der Waals surface area contributed by atoms with Crippen LogP contribution in [0.3, 0.4) is 0 Å². The van der Waals surface area contributed by atoms with Gasteiger partial charge in [-0.15, -0.1) is 0 Å². The Morgan fingerprint density at radius 1 is 1.03 bits per heavy atom. The van der Waals surface area contributed by atoms with Gasteiger partial charge < -0.3 is 19.3 Å². The average molecular weight is 468 g/mol. The quantitative estimate of drug-likeness (QED) is 0.609. The van der Waals surface area contributed by atoms with Crippen LogP contribution in [0.1, 0.15) is 5.56 Å². The third kappa shape index (κ3) is 4.24. The molecule has 2 N–H and O–H groups in total. The molecule has 0 spiro atoms.